The van der Waals surface area contributed by atoms with Crippen molar-refractivity contribution in [3.05, 3.63) is 65.5 Å². The van der Waals surface area contributed by atoms with E-state index in [2.05, 4.69) is 5.32 Å². The van der Waals surface area contributed by atoms with Crippen molar-refractivity contribution in [3.63, 3.8) is 0 Å². The minimum absolute atomic E-state index is 0.0414. The molecule has 0 radical (unpaired) electrons. The van der Waals surface area contributed by atoms with Crippen molar-refractivity contribution < 1.29 is 18.7 Å². The molecule has 1 aliphatic rings. The summed E-state index contributed by atoms with van der Waals surface area (Å²) in [6, 6.07) is 14.1. The number of methoxy groups -OCH3 is 1. The van der Waals surface area contributed by atoms with Crippen LogP contribution in [0.1, 0.15) is 24.0 Å². The van der Waals surface area contributed by atoms with Crippen molar-refractivity contribution >= 4 is 11.8 Å². The van der Waals surface area contributed by atoms with Crippen molar-refractivity contribution in [1.82, 2.24) is 10.2 Å². The average molecular weight is 398 g/mol. The highest BCUT2D eigenvalue weighted by Crippen LogP contribution is 2.19. The third kappa shape index (κ3) is 5.79. The zero-order valence-corrected chi connectivity index (χ0v) is 16.7. The van der Waals surface area contributed by atoms with Gasteiger partial charge in [0.15, 0.2) is 0 Å². The van der Waals surface area contributed by atoms with Gasteiger partial charge in [-0.1, -0.05) is 30.3 Å². The zero-order chi connectivity index (χ0) is 20.6. The molecule has 2 aromatic carbocycles. The number of nitrogens with zero attached hydrogens (tertiary/aromatic N) is 1. The molecule has 0 saturated carbocycles. The second kappa shape index (κ2) is 10.0. The van der Waals surface area contributed by atoms with Crippen molar-refractivity contribution in [2.75, 3.05) is 26.7 Å². The number of hydrogen-bond donors (Lipinski definition) is 1. The Bertz CT molecular complexity index is 830. The Hall–Kier alpha value is -2.89. The second-order valence-corrected chi connectivity index (χ2v) is 7.31. The van der Waals surface area contributed by atoms with Crippen LogP contribution in [0.25, 0.3) is 0 Å². The van der Waals surface area contributed by atoms with Crippen LogP contribution in [0.5, 0.6) is 5.75 Å². The Morgan fingerprint density at radius 1 is 1.10 bits per heavy atom. The summed E-state index contributed by atoms with van der Waals surface area (Å²) < 4.78 is 18.9. The Morgan fingerprint density at radius 3 is 2.45 bits per heavy atom. The van der Waals surface area contributed by atoms with Crippen molar-refractivity contribution in [1.29, 1.82) is 0 Å². The highest BCUT2D eigenvalue weighted by molar-refractivity contribution is 5.81. The van der Waals surface area contributed by atoms with Gasteiger partial charge in [0.2, 0.25) is 11.8 Å². The quantitative estimate of drug-likeness (QED) is 0.780. The molecule has 1 heterocycles. The normalized spacial score (nSPS) is 14.5. The van der Waals surface area contributed by atoms with Gasteiger partial charge in [-0.3, -0.25) is 9.59 Å². The van der Waals surface area contributed by atoms with Gasteiger partial charge in [-0.15, -0.1) is 0 Å². The average Bonchev–Trinajstić information content (AvgIpc) is 2.76. The van der Waals surface area contributed by atoms with Gasteiger partial charge < -0.3 is 15.0 Å². The number of halogens is 1. The number of likely N-dealkylation sites (tertiary alicyclic amines) is 1. The van der Waals surface area contributed by atoms with E-state index in [0.29, 0.717) is 38.0 Å². The highest BCUT2D eigenvalue weighted by Gasteiger charge is 2.27. The fraction of sp³-hybridized carbons (Fsp3) is 0.391. The molecule has 0 aromatic heterocycles. The van der Waals surface area contributed by atoms with Gasteiger partial charge in [0, 0.05) is 25.6 Å². The van der Waals surface area contributed by atoms with Crippen molar-refractivity contribution in [2.24, 2.45) is 5.92 Å². The maximum atomic E-state index is 13.7. The Morgan fingerprint density at radius 2 is 1.79 bits per heavy atom. The van der Waals surface area contributed by atoms with Crippen LogP contribution in [0, 0.1) is 11.7 Å². The number of benzene rings is 2. The summed E-state index contributed by atoms with van der Waals surface area (Å²) in [6.07, 6.45) is 2.09. The molecule has 0 unspecified atom stereocenters. The Labute approximate surface area is 170 Å². The van der Waals surface area contributed by atoms with E-state index in [1.165, 1.54) is 6.07 Å². The van der Waals surface area contributed by atoms with Crippen LogP contribution in [-0.2, 0) is 22.4 Å². The molecule has 154 valence electrons. The largest absolute Gasteiger partial charge is 0.497 e. The van der Waals surface area contributed by atoms with Crippen LogP contribution in [0.15, 0.2) is 48.5 Å². The van der Waals surface area contributed by atoms with E-state index in [-0.39, 0.29) is 30.0 Å². The lowest BCUT2D eigenvalue weighted by Crippen LogP contribution is -2.43. The van der Waals surface area contributed by atoms with Gasteiger partial charge in [-0.05, 0) is 48.6 Å². The summed E-state index contributed by atoms with van der Waals surface area (Å²) in [5.74, 6) is 0.331. The molecule has 5 nitrogen and oxygen atoms in total. The summed E-state index contributed by atoms with van der Waals surface area (Å²) in [6.45, 7) is 1.64. The van der Waals surface area contributed by atoms with Crippen LogP contribution in [-0.4, -0.2) is 43.5 Å². The number of carbonyl (C=O) groups excluding carboxylic acids is 2. The smallest absolute Gasteiger partial charge is 0.227 e. The number of nitrogens with one attached hydrogen (secondary N) is 1. The van der Waals surface area contributed by atoms with E-state index < -0.39 is 0 Å². The van der Waals surface area contributed by atoms with Crippen LogP contribution in [0.3, 0.4) is 0 Å². The molecule has 2 aromatic rings. The van der Waals surface area contributed by atoms with Crippen molar-refractivity contribution in [2.45, 2.75) is 25.7 Å². The number of rotatable bonds is 7. The van der Waals surface area contributed by atoms with Gasteiger partial charge in [-0.2, -0.15) is 0 Å². The molecule has 2 amide bonds. The van der Waals surface area contributed by atoms with Crippen LogP contribution < -0.4 is 10.1 Å². The lowest BCUT2D eigenvalue weighted by atomic mass is 9.95. The topological polar surface area (TPSA) is 58.6 Å². The minimum atomic E-state index is -0.355. The summed E-state index contributed by atoms with van der Waals surface area (Å²) in [7, 11) is 1.63. The van der Waals surface area contributed by atoms with E-state index in [1.54, 1.807) is 30.2 Å². The van der Waals surface area contributed by atoms with Gasteiger partial charge in [-0.25, -0.2) is 4.39 Å². The Balaban J connectivity index is 1.39. The second-order valence-electron chi connectivity index (χ2n) is 7.31. The number of amides is 2. The molecular weight excluding hydrogens is 371 g/mol. The summed E-state index contributed by atoms with van der Waals surface area (Å²) >= 11 is 0. The maximum Gasteiger partial charge on any atom is 0.227 e. The molecule has 1 N–H and O–H groups in total. The van der Waals surface area contributed by atoms with E-state index in [4.69, 9.17) is 4.74 Å². The molecule has 0 atom stereocenters. The molecule has 1 aliphatic heterocycles. The maximum absolute atomic E-state index is 13.7. The summed E-state index contributed by atoms with van der Waals surface area (Å²) in [5.41, 5.74) is 1.55. The first kappa shape index (κ1) is 20.8. The predicted octanol–water partition coefficient (Wildman–Crippen LogP) is 2.97. The third-order valence-electron chi connectivity index (χ3n) is 5.39. The molecule has 1 saturated heterocycles. The van der Waals surface area contributed by atoms with E-state index in [9.17, 15) is 14.0 Å². The zero-order valence-electron chi connectivity index (χ0n) is 16.7. The van der Waals surface area contributed by atoms with E-state index in [0.717, 1.165) is 17.7 Å². The standard InChI is InChI=1S/C23H27FN2O3/c1-29-20-8-6-17(7-9-20)10-13-25-23(28)18-11-14-26(15-12-18)22(27)16-19-4-2-3-5-21(19)24/h2-9,18H,10-16H2,1H3,(H,25,28). The van der Waals surface area contributed by atoms with Gasteiger partial charge in [0.25, 0.3) is 0 Å². The third-order valence-corrected chi connectivity index (χ3v) is 5.39. The summed E-state index contributed by atoms with van der Waals surface area (Å²) in [4.78, 5) is 26.6. The lowest BCUT2D eigenvalue weighted by molar-refractivity contribution is -0.135. The Kier molecular flexibility index (Phi) is 7.22. The number of carbonyl (C=O) groups is 2. The fourth-order valence-corrected chi connectivity index (χ4v) is 3.57. The minimum Gasteiger partial charge on any atom is -0.497 e. The van der Waals surface area contributed by atoms with Crippen molar-refractivity contribution in [3.8, 4) is 5.75 Å². The van der Waals surface area contributed by atoms with Crippen LogP contribution in [0.2, 0.25) is 0 Å². The molecule has 1 fully saturated rings. The molecule has 6 heteroatoms. The molecule has 3 rings (SSSR count). The van der Waals surface area contributed by atoms with Crippen LogP contribution >= 0.6 is 0 Å². The molecule has 29 heavy (non-hydrogen) atoms. The first-order valence-electron chi connectivity index (χ1n) is 9.98. The van der Waals surface area contributed by atoms with Gasteiger partial charge in [0.1, 0.15) is 11.6 Å². The number of hydrogen-bond acceptors (Lipinski definition) is 3. The summed E-state index contributed by atoms with van der Waals surface area (Å²) in [5, 5.41) is 3.00. The number of ether oxygens (including phenoxy) is 1. The molecule has 0 spiro atoms. The number of piperidine rings is 1. The lowest BCUT2D eigenvalue weighted by Gasteiger charge is -2.31. The first-order valence-corrected chi connectivity index (χ1v) is 9.98. The van der Waals surface area contributed by atoms with E-state index >= 15 is 0 Å². The monoisotopic (exact) mass is 398 g/mol. The van der Waals surface area contributed by atoms with Gasteiger partial charge in [0.05, 0.1) is 13.5 Å². The van der Waals surface area contributed by atoms with Crippen LogP contribution in [0.4, 0.5) is 4.39 Å². The van der Waals surface area contributed by atoms with E-state index in [1.807, 2.05) is 24.3 Å². The molecule has 0 aliphatic carbocycles. The predicted molar refractivity (Wildman–Crippen MR) is 109 cm³/mol. The molecule has 0 bridgehead atoms. The SMILES string of the molecule is COc1ccc(CCNC(=O)C2CCN(C(=O)Cc3ccccc3F)CC2)cc1. The highest BCUT2D eigenvalue weighted by atomic mass is 19.1. The molecular formula is C23H27FN2O3. The van der Waals surface area contributed by atoms with Gasteiger partial charge >= 0.3 is 0 Å². The fourth-order valence-electron chi connectivity index (χ4n) is 3.57. The first-order chi connectivity index (χ1) is 14.1.